The van der Waals surface area contributed by atoms with Gasteiger partial charge < -0.3 is 9.88 Å². The monoisotopic (exact) mass is 436 g/mol. The molecule has 5 nitrogen and oxygen atoms in total. The third-order valence-corrected chi connectivity index (χ3v) is 6.42. The average Bonchev–Trinajstić information content (AvgIpc) is 3.05. The smallest absolute Gasteiger partial charge is 0.230 e. The summed E-state index contributed by atoms with van der Waals surface area (Å²) < 4.78 is 3.09. The zero-order valence-electron chi connectivity index (χ0n) is 15.2. The molecule has 0 aliphatic heterocycles. The summed E-state index contributed by atoms with van der Waals surface area (Å²) in [4.78, 5) is 12.3. The van der Waals surface area contributed by atoms with Crippen molar-refractivity contribution in [2.75, 3.05) is 5.75 Å². The van der Waals surface area contributed by atoms with Crippen molar-refractivity contribution in [3.05, 3.63) is 28.7 Å². The summed E-state index contributed by atoms with van der Waals surface area (Å²) in [5.41, 5.74) is 1.02. The minimum absolute atomic E-state index is 0.0876. The van der Waals surface area contributed by atoms with E-state index in [-0.39, 0.29) is 5.91 Å². The molecule has 140 valence electrons. The molecule has 0 unspecified atom stereocenters. The molecule has 1 fully saturated rings. The van der Waals surface area contributed by atoms with Crippen molar-refractivity contribution < 1.29 is 4.79 Å². The van der Waals surface area contributed by atoms with E-state index in [1.54, 1.807) is 0 Å². The van der Waals surface area contributed by atoms with Crippen molar-refractivity contribution in [2.24, 2.45) is 5.92 Å². The summed E-state index contributed by atoms with van der Waals surface area (Å²) in [6.45, 7) is 5.07. The molecule has 1 aromatic carbocycles. The first-order chi connectivity index (χ1) is 12.6. The van der Waals surface area contributed by atoms with Crippen LogP contribution in [0.4, 0.5) is 0 Å². The molecule has 2 aromatic rings. The molecule has 1 aromatic heterocycles. The van der Waals surface area contributed by atoms with Crippen LogP contribution in [0.1, 0.15) is 39.5 Å². The van der Waals surface area contributed by atoms with E-state index in [0.29, 0.717) is 17.7 Å². The molecule has 26 heavy (non-hydrogen) atoms. The summed E-state index contributed by atoms with van der Waals surface area (Å²) in [7, 11) is 0. The molecular weight excluding hydrogens is 412 g/mol. The maximum atomic E-state index is 12.3. The fraction of sp³-hybridized carbons (Fsp3) is 0.526. The van der Waals surface area contributed by atoms with E-state index >= 15 is 0 Å². The van der Waals surface area contributed by atoms with E-state index in [4.69, 9.17) is 0 Å². The topological polar surface area (TPSA) is 59.8 Å². The molecule has 7 heteroatoms. The van der Waals surface area contributed by atoms with Crippen LogP contribution >= 0.6 is 27.7 Å². The lowest BCUT2D eigenvalue weighted by atomic mass is 9.86. The third kappa shape index (κ3) is 4.68. The Morgan fingerprint density at radius 3 is 2.69 bits per heavy atom. The first-order valence-corrected chi connectivity index (χ1v) is 11.0. The molecular formula is C19H25BrN4OS. The standard InChI is InChI=1S/C19H25BrN4OS/c1-3-24-18(14-8-10-15(20)11-9-14)22-23-19(24)26-12-17(25)21-16-7-5-4-6-13(16)2/h8-11,13,16H,3-7,12H2,1-2H3,(H,21,25)/t13-,16+/m0/s1. The number of nitrogens with one attached hydrogen (secondary N) is 1. The number of nitrogens with zero attached hydrogens (tertiary/aromatic N) is 3. The molecule has 1 N–H and O–H groups in total. The van der Waals surface area contributed by atoms with Gasteiger partial charge in [-0.25, -0.2) is 0 Å². The highest BCUT2D eigenvalue weighted by Gasteiger charge is 2.23. The lowest BCUT2D eigenvalue weighted by Gasteiger charge is -2.29. The highest BCUT2D eigenvalue weighted by atomic mass is 79.9. The van der Waals surface area contributed by atoms with Gasteiger partial charge in [0.15, 0.2) is 11.0 Å². The second-order valence-corrected chi connectivity index (χ2v) is 8.64. The number of halogens is 1. The van der Waals surface area contributed by atoms with E-state index in [9.17, 15) is 4.79 Å². The van der Waals surface area contributed by atoms with Gasteiger partial charge in [0.25, 0.3) is 0 Å². The van der Waals surface area contributed by atoms with Gasteiger partial charge in [0, 0.05) is 22.6 Å². The first-order valence-electron chi connectivity index (χ1n) is 9.19. The van der Waals surface area contributed by atoms with Gasteiger partial charge in [-0.2, -0.15) is 0 Å². The zero-order chi connectivity index (χ0) is 18.5. The number of aromatic nitrogens is 3. The molecule has 0 radical (unpaired) electrons. The summed E-state index contributed by atoms with van der Waals surface area (Å²) in [5, 5.41) is 12.6. The van der Waals surface area contributed by atoms with E-state index in [0.717, 1.165) is 34.0 Å². The van der Waals surface area contributed by atoms with Crippen LogP contribution < -0.4 is 5.32 Å². The summed E-state index contributed by atoms with van der Waals surface area (Å²) in [6.07, 6.45) is 4.79. The molecule has 0 bridgehead atoms. The maximum Gasteiger partial charge on any atom is 0.230 e. The van der Waals surface area contributed by atoms with Crippen molar-refractivity contribution in [2.45, 2.75) is 57.3 Å². The Hall–Kier alpha value is -1.34. The van der Waals surface area contributed by atoms with Gasteiger partial charge >= 0.3 is 0 Å². The molecule has 1 heterocycles. The highest BCUT2D eigenvalue weighted by molar-refractivity contribution is 9.10. The van der Waals surface area contributed by atoms with Crippen LogP contribution in [0.15, 0.2) is 33.9 Å². The molecule has 0 saturated heterocycles. The maximum absolute atomic E-state index is 12.3. The van der Waals surface area contributed by atoms with Crippen LogP contribution in [0.3, 0.4) is 0 Å². The number of amides is 1. The Kier molecular flexibility index (Phi) is 6.75. The van der Waals surface area contributed by atoms with Gasteiger partial charge in [0.2, 0.25) is 5.91 Å². The van der Waals surface area contributed by atoms with E-state index in [1.807, 2.05) is 24.3 Å². The van der Waals surface area contributed by atoms with E-state index < -0.39 is 0 Å². The van der Waals surface area contributed by atoms with Crippen molar-refractivity contribution in [3.63, 3.8) is 0 Å². The minimum atomic E-state index is 0.0876. The van der Waals surface area contributed by atoms with Gasteiger partial charge in [-0.1, -0.05) is 59.6 Å². The van der Waals surface area contributed by atoms with E-state index in [1.165, 1.54) is 31.0 Å². The molecule has 1 aliphatic rings. The Bertz CT molecular complexity index is 746. The Balaban J connectivity index is 1.63. The fourth-order valence-corrected chi connectivity index (χ4v) is 4.48. The largest absolute Gasteiger partial charge is 0.352 e. The van der Waals surface area contributed by atoms with Crippen LogP contribution in [0.25, 0.3) is 11.4 Å². The van der Waals surface area contributed by atoms with Gasteiger partial charge in [-0.3, -0.25) is 4.79 Å². The van der Waals surface area contributed by atoms with Crippen LogP contribution in [-0.2, 0) is 11.3 Å². The normalized spacial score (nSPS) is 20.1. The predicted molar refractivity (Wildman–Crippen MR) is 109 cm³/mol. The summed E-state index contributed by atoms with van der Waals surface area (Å²) in [6, 6.07) is 8.35. The molecule has 3 rings (SSSR count). The molecule has 1 amide bonds. The van der Waals surface area contributed by atoms with Crippen molar-refractivity contribution in [1.29, 1.82) is 0 Å². The quantitative estimate of drug-likeness (QED) is 0.676. The van der Waals surface area contributed by atoms with Crippen LogP contribution in [0.5, 0.6) is 0 Å². The molecule has 0 spiro atoms. The highest BCUT2D eigenvalue weighted by Crippen LogP contribution is 2.26. The first kappa shape index (κ1) is 19.4. The summed E-state index contributed by atoms with van der Waals surface area (Å²) in [5.74, 6) is 1.87. The lowest BCUT2D eigenvalue weighted by Crippen LogP contribution is -2.41. The third-order valence-electron chi connectivity index (χ3n) is 4.93. The Labute approximate surface area is 167 Å². The Morgan fingerprint density at radius 2 is 2.00 bits per heavy atom. The lowest BCUT2D eigenvalue weighted by molar-refractivity contribution is -0.119. The van der Waals surface area contributed by atoms with Gasteiger partial charge in [0.1, 0.15) is 0 Å². The van der Waals surface area contributed by atoms with Crippen LogP contribution in [-0.4, -0.2) is 32.5 Å². The van der Waals surface area contributed by atoms with Gasteiger partial charge in [-0.15, -0.1) is 10.2 Å². The zero-order valence-corrected chi connectivity index (χ0v) is 17.6. The molecule has 1 saturated carbocycles. The number of carbonyl (C=O) groups excluding carboxylic acids is 1. The van der Waals surface area contributed by atoms with Crippen molar-refractivity contribution in [3.8, 4) is 11.4 Å². The minimum Gasteiger partial charge on any atom is -0.352 e. The van der Waals surface area contributed by atoms with Crippen molar-refractivity contribution in [1.82, 2.24) is 20.1 Å². The predicted octanol–water partition coefficient (Wildman–Crippen LogP) is 4.51. The number of hydrogen-bond donors (Lipinski definition) is 1. The van der Waals surface area contributed by atoms with Crippen molar-refractivity contribution >= 4 is 33.6 Å². The fourth-order valence-electron chi connectivity index (χ4n) is 3.40. The number of rotatable bonds is 6. The molecule has 1 aliphatic carbocycles. The SMILES string of the molecule is CCn1c(SCC(=O)N[C@@H]2CCCC[C@@H]2C)nnc1-c1ccc(Br)cc1. The second kappa shape index (κ2) is 9.04. The number of thioether (sulfide) groups is 1. The Morgan fingerprint density at radius 1 is 1.27 bits per heavy atom. The summed E-state index contributed by atoms with van der Waals surface area (Å²) >= 11 is 4.91. The van der Waals surface area contributed by atoms with Gasteiger partial charge in [0.05, 0.1) is 5.75 Å². The number of hydrogen-bond acceptors (Lipinski definition) is 4. The number of carbonyl (C=O) groups is 1. The second-order valence-electron chi connectivity index (χ2n) is 6.78. The van der Waals surface area contributed by atoms with E-state index in [2.05, 4.69) is 49.9 Å². The average molecular weight is 437 g/mol. The van der Waals surface area contributed by atoms with Crippen LogP contribution in [0, 0.1) is 5.92 Å². The molecule has 2 atom stereocenters. The number of benzene rings is 1. The van der Waals surface area contributed by atoms with Gasteiger partial charge in [-0.05, 0) is 37.8 Å². The van der Waals surface area contributed by atoms with Crippen LogP contribution in [0.2, 0.25) is 0 Å².